The van der Waals surface area contributed by atoms with Crippen LogP contribution in [0.25, 0.3) is 0 Å². The van der Waals surface area contributed by atoms with E-state index in [1.165, 1.54) is 0 Å². The quantitative estimate of drug-likeness (QED) is 0.851. The molecule has 0 aliphatic carbocycles. The van der Waals surface area contributed by atoms with E-state index >= 15 is 0 Å². The summed E-state index contributed by atoms with van der Waals surface area (Å²) in [7, 11) is 1.81. The summed E-state index contributed by atoms with van der Waals surface area (Å²) in [6.45, 7) is 6.13. The Hall–Kier alpha value is -0.910. The maximum Gasteiger partial charge on any atom is 0.228 e. The van der Waals surface area contributed by atoms with Gasteiger partial charge in [0.15, 0.2) is 0 Å². The number of likely N-dealkylation sites (tertiary alicyclic amines) is 2. The minimum Gasteiger partial charge on any atom is -0.381 e. The molecule has 2 fully saturated rings. The van der Waals surface area contributed by atoms with Gasteiger partial charge in [0, 0.05) is 37.5 Å². The Morgan fingerprint density at radius 3 is 3.00 bits per heavy atom. The molecule has 1 aromatic heterocycles. The average Bonchev–Trinajstić information content (AvgIpc) is 3.14. The van der Waals surface area contributed by atoms with E-state index < -0.39 is 0 Å². The van der Waals surface area contributed by atoms with E-state index in [4.69, 9.17) is 4.74 Å². The zero-order valence-corrected chi connectivity index (χ0v) is 13.6. The molecule has 0 aromatic carbocycles. The first-order valence-corrected chi connectivity index (χ1v) is 8.68. The number of hydrogen-bond acceptors (Lipinski definition) is 4. The molecular formula is C16H24N2O2S. The average molecular weight is 308 g/mol. The molecule has 0 saturated carbocycles. The molecule has 21 heavy (non-hydrogen) atoms. The van der Waals surface area contributed by atoms with Gasteiger partial charge in [-0.1, -0.05) is 13.0 Å². The molecule has 2 saturated heterocycles. The molecular weight excluding hydrogens is 284 g/mol. The molecule has 0 spiro atoms. The lowest BCUT2D eigenvalue weighted by atomic mass is 9.88. The van der Waals surface area contributed by atoms with Crippen LogP contribution in [0.5, 0.6) is 0 Å². The van der Waals surface area contributed by atoms with Crippen LogP contribution in [0.1, 0.15) is 18.2 Å². The second kappa shape index (κ2) is 6.46. The molecule has 5 heteroatoms. The van der Waals surface area contributed by atoms with Crippen molar-refractivity contribution in [3.8, 4) is 0 Å². The smallest absolute Gasteiger partial charge is 0.228 e. The highest BCUT2D eigenvalue weighted by Gasteiger charge is 2.45. The second-order valence-electron chi connectivity index (χ2n) is 5.99. The number of ether oxygens (including phenoxy) is 1. The molecule has 0 radical (unpaired) electrons. The molecule has 3 atom stereocenters. The van der Waals surface area contributed by atoms with Crippen LogP contribution in [0.4, 0.5) is 0 Å². The lowest BCUT2D eigenvalue weighted by molar-refractivity contribution is -0.138. The van der Waals surface area contributed by atoms with Gasteiger partial charge in [-0.3, -0.25) is 4.79 Å². The van der Waals surface area contributed by atoms with Gasteiger partial charge in [-0.05, 0) is 24.4 Å². The zero-order chi connectivity index (χ0) is 14.8. The van der Waals surface area contributed by atoms with Gasteiger partial charge < -0.3 is 14.5 Å². The molecule has 2 aliphatic heterocycles. The lowest BCUT2D eigenvalue weighted by Crippen LogP contribution is -2.53. The van der Waals surface area contributed by atoms with Crippen molar-refractivity contribution in [1.82, 2.24) is 9.80 Å². The predicted molar refractivity (Wildman–Crippen MR) is 84.5 cm³/mol. The number of thiophene rings is 1. The van der Waals surface area contributed by atoms with Crippen LogP contribution >= 0.6 is 11.3 Å². The Kier molecular flexibility index (Phi) is 4.62. The van der Waals surface area contributed by atoms with E-state index in [9.17, 15) is 4.79 Å². The highest BCUT2D eigenvalue weighted by atomic mass is 32.1. The summed E-state index contributed by atoms with van der Waals surface area (Å²) >= 11 is 1.67. The third-order valence-electron chi connectivity index (χ3n) is 4.92. The van der Waals surface area contributed by atoms with Crippen LogP contribution in [0.15, 0.2) is 17.5 Å². The molecule has 4 nitrogen and oxygen atoms in total. The standard InChI is InChI=1S/C16H24N2O2S/c1-3-17-10-13-14(11-17)18(7-6-15(13)20-2)16(19)9-12-5-4-8-21-12/h4-5,8,13-15H,3,6-7,9-11H2,1-2H3/t13-,14+,15-/m0/s1. The predicted octanol–water partition coefficient (Wildman–Crippen LogP) is 1.86. The third kappa shape index (κ3) is 3.00. The van der Waals surface area contributed by atoms with Crippen LogP contribution in [0, 0.1) is 5.92 Å². The Morgan fingerprint density at radius 1 is 1.48 bits per heavy atom. The minimum absolute atomic E-state index is 0.278. The van der Waals surface area contributed by atoms with Gasteiger partial charge >= 0.3 is 0 Å². The van der Waals surface area contributed by atoms with Crippen LogP contribution in [0.2, 0.25) is 0 Å². The van der Waals surface area contributed by atoms with Crippen LogP contribution in [-0.4, -0.2) is 61.1 Å². The summed E-state index contributed by atoms with van der Waals surface area (Å²) in [5.74, 6) is 0.746. The normalized spacial score (nSPS) is 29.6. The van der Waals surface area contributed by atoms with Crippen molar-refractivity contribution in [3.63, 3.8) is 0 Å². The molecule has 0 bridgehead atoms. The van der Waals surface area contributed by atoms with Crippen molar-refractivity contribution in [2.24, 2.45) is 5.92 Å². The zero-order valence-electron chi connectivity index (χ0n) is 12.8. The second-order valence-corrected chi connectivity index (χ2v) is 7.02. The number of likely N-dealkylation sites (N-methyl/N-ethyl adjacent to an activating group) is 1. The number of fused-ring (bicyclic) bond motifs is 1. The first kappa shape index (κ1) is 15.0. The van der Waals surface area contributed by atoms with Gasteiger partial charge in [0.2, 0.25) is 5.91 Å². The summed E-state index contributed by atoms with van der Waals surface area (Å²) in [6.07, 6.45) is 1.81. The SMILES string of the molecule is CCN1C[C@@H]2[C@@H](OC)CCN(C(=O)Cc3cccs3)[C@@H]2C1. The number of nitrogens with zero attached hydrogens (tertiary/aromatic N) is 2. The van der Waals surface area contributed by atoms with Crippen molar-refractivity contribution < 1.29 is 9.53 Å². The number of hydrogen-bond donors (Lipinski definition) is 0. The van der Waals surface area contributed by atoms with E-state index in [1.54, 1.807) is 18.4 Å². The van der Waals surface area contributed by atoms with Crippen molar-refractivity contribution in [1.29, 1.82) is 0 Å². The number of rotatable bonds is 4. The van der Waals surface area contributed by atoms with Crippen LogP contribution < -0.4 is 0 Å². The molecule has 116 valence electrons. The number of methoxy groups -OCH3 is 1. The summed E-state index contributed by atoms with van der Waals surface area (Å²) in [5.41, 5.74) is 0. The number of amides is 1. The molecule has 1 aromatic rings. The minimum atomic E-state index is 0.278. The first-order valence-electron chi connectivity index (χ1n) is 7.80. The van der Waals surface area contributed by atoms with Crippen molar-refractivity contribution in [2.75, 3.05) is 33.3 Å². The summed E-state index contributed by atoms with van der Waals surface area (Å²) < 4.78 is 5.67. The van der Waals surface area contributed by atoms with Gasteiger partial charge in [0.05, 0.1) is 18.6 Å². The Labute approximate surface area is 130 Å². The molecule has 0 unspecified atom stereocenters. The van der Waals surface area contributed by atoms with E-state index in [1.807, 2.05) is 11.4 Å². The lowest BCUT2D eigenvalue weighted by Gasteiger charge is -2.41. The molecule has 3 rings (SSSR count). The molecule has 1 amide bonds. The van der Waals surface area contributed by atoms with Gasteiger partial charge in [-0.2, -0.15) is 0 Å². The van der Waals surface area contributed by atoms with Crippen molar-refractivity contribution in [2.45, 2.75) is 31.9 Å². The van der Waals surface area contributed by atoms with Gasteiger partial charge in [0.1, 0.15) is 0 Å². The van der Waals surface area contributed by atoms with E-state index in [0.29, 0.717) is 24.5 Å². The third-order valence-corrected chi connectivity index (χ3v) is 5.79. The van der Waals surface area contributed by atoms with Gasteiger partial charge in [0.25, 0.3) is 0 Å². The summed E-state index contributed by atoms with van der Waals surface area (Å²) in [5, 5.41) is 2.04. The molecule has 0 N–H and O–H groups in total. The monoisotopic (exact) mass is 308 g/mol. The number of piperidine rings is 1. The molecule has 2 aliphatic rings. The Bertz CT molecular complexity index is 477. The fraction of sp³-hybridized carbons (Fsp3) is 0.688. The topological polar surface area (TPSA) is 32.8 Å². The maximum atomic E-state index is 12.7. The first-order chi connectivity index (χ1) is 10.2. The van der Waals surface area contributed by atoms with Gasteiger partial charge in [-0.25, -0.2) is 0 Å². The van der Waals surface area contributed by atoms with Crippen LogP contribution in [-0.2, 0) is 16.0 Å². The van der Waals surface area contributed by atoms with E-state index in [0.717, 1.165) is 37.5 Å². The fourth-order valence-corrected chi connectivity index (χ4v) is 4.46. The van der Waals surface area contributed by atoms with E-state index in [2.05, 4.69) is 22.8 Å². The number of carbonyl (C=O) groups excluding carboxylic acids is 1. The molecule has 3 heterocycles. The summed E-state index contributed by atoms with van der Waals surface area (Å²) in [6, 6.07) is 4.40. The van der Waals surface area contributed by atoms with Crippen LogP contribution in [0.3, 0.4) is 0 Å². The largest absolute Gasteiger partial charge is 0.381 e. The Balaban J connectivity index is 1.72. The fourth-order valence-electron chi connectivity index (χ4n) is 3.76. The van der Waals surface area contributed by atoms with Crippen molar-refractivity contribution >= 4 is 17.2 Å². The highest BCUT2D eigenvalue weighted by Crippen LogP contribution is 2.32. The van der Waals surface area contributed by atoms with E-state index in [-0.39, 0.29) is 5.91 Å². The maximum absolute atomic E-state index is 12.7. The summed E-state index contributed by atoms with van der Waals surface area (Å²) in [4.78, 5) is 18.4. The highest BCUT2D eigenvalue weighted by molar-refractivity contribution is 7.10. The Morgan fingerprint density at radius 2 is 2.33 bits per heavy atom. The number of carbonyl (C=O) groups is 1. The van der Waals surface area contributed by atoms with Gasteiger partial charge in [-0.15, -0.1) is 11.3 Å². The van der Waals surface area contributed by atoms with Crippen molar-refractivity contribution in [3.05, 3.63) is 22.4 Å².